The smallest absolute Gasteiger partial charge is 0.144 e. The molecule has 100 valence electrons. The zero-order valence-electron chi connectivity index (χ0n) is 10.9. The number of aromatic amines is 1. The minimum absolute atomic E-state index is 0.219. The van der Waals surface area contributed by atoms with Crippen LogP contribution in [-0.2, 0) is 0 Å². The van der Waals surface area contributed by atoms with Crippen LogP contribution >= 0.6 is 28.1 Å². The lowest BCUT2D eigenvalue weighted by atomic mass is 10.1. The zero-order chi connectivity index (χ0) is 14.2. The van der Waals surface area contributed by atoms with Crippen molar-refractivity contribution < 1.29 is 4.39 Å². The molecule has 0 aliphatic rings. The van der Waals surface area contributed by atoms with Crippen molar-refractivity contribution in [2.75, 3.05) is 0 Å². The van der Waals surface area contributed by atoms with Crippen LogP contribution in [0.1, 0.15) is 31.0 Å². The normalized spacial score (nSPS) is 11.1. The van der Waals surface area contributed by atoms with Crippen molar-refractivity contribution in [1.29, 1.82) is 0 Å². The SMILES string of the molecule is Cc1cc(-c2nc(=S)c(Br)c(C(C)C)[nH]2)ccc1F. The summed E-state index contributed by atoms with van der Waals surface area (Å²) in [5, 5.41) is 0. The molecule has 0 bridgehead atoms. The predicted molar refractivity (Wildman–Crippen MR) is 81.3 cm³/mol. The van der Waals surface area contributed by atoms with Crippen molar-refractivity contribution in [1.82, 2.24) is 9.97 Å². The fourth-order valence-electron chi connectivity index (χ4n) is 1.80. The number of benzene rings is 1. The third-order valence-corrected chi connectivity index (χ3v) is 4.26. The molecule has 5 heteroatoms. The number of rotatable bonds is 2. The predicted octanol–water partition coefficient (Wildman–Crippen LogP) is 5.14. The lowest BCUT2D eigenvalue weighted by Gasteiger charge is -2.11. The highest BCUT2D eigenvalue weighted by Crippen LogP contribution is 2.27. The van der Waals surface area contributed by atoms with Gasteiger partial charge in [0.2, 0.25) is 0 Å². The average molecular weight is 341 g/mol. The van der Waals surface area contributed by atoms with E-state index in [2.05, 4.69) is 39.7 Å². The monoisotopic (exact) mass is 340 g/mol. The van der Waals surface area contributed by atoms with Crippen LogP contribution in [0.3, 0.4) is 0 Å². The molecule has 0 radical (unpaired) electrons. The summed E-state index contributed by atoms with van der Waals surface area (Å²) in [4.78, 5) is 7.62. The summed E-state index contributed by atoms with van der Waals surface area (Å²) in [6.07, 6.45) is 0. The second-order valence-electron chi connectivity index (χ2n) is 4.74. The van der Waals surface area contributed by atoms with Crippen LogP contribution in [0.4, 0.5) is 4.39 Å². The number of halogens is 2. The van der Waals surface area contributed by atoms with E-state index in [1.165, 1.54) is 6.07 Å². The Kier molecular flexibility index (Phi) is 4.16. The number of nitrogens with zero attached hydrogens (tertiary/aromatic N) is 1. The van der Waals surface area contributed by atoms with Gasteiger partial charge in [-0.25, -0.2) is 9.37 Å². The Bertz CT molecular complexity index is 680. The molecule has 0 atom stereocenters. The average Bonchev–Trinajstić information content (AvgIpc) is 2.35. The van der Waals surface area contributed by atoms with Gasteiger partial charge in [0.25, 0.3) is 0 Å². The molecule has 1 aromatic carbocycles. The van der Waals surface area contributed by atoms with E-state index in [9.17, 15) is 4.39 Å². The highest BCUT2D eigenvalue weighted by atomic mass is 79.9. The van der Waals surface area contributed by atoms with Crippen LogP contribution in [0.2, 0.25) is 0 Å². The Balaban J connectivity index is 2.63. The van der Waals surface area contributed by atoms with E-state index < -0.39 is 0 Å². The third kappa shape index (κ3) is 2.92. The van der Waals surface area contributed by atoms with Gasteiger partial charge >= 0.3 is 0 Å². The second-order valence-corrected chi connectivity index (χ2v) is 5.92. The van der Waals surface area contributed by atoms with Crippen molar-refractivity contribution in [3.8, 4) is 11.4 Å². The van der Waals surface area contributed by atoms with Crippen molar-refractivity contribution in [2.24, 2.45) is 0 Å². The van der Waals surface area contributed by atoms with Gasteiger partial charge < -0.3 is 4.98 Å². The van der Waals surface area contributed by atoms with Crippen molar-refractivity contribution in [2.45, 2.75) is 26.7 Å². The molecule has 1 heterocycles. The van der Waals surface area contributed by atoms with E-state index in [0.29, 0.717) is 21.9 Å². The van der Waals surface area contributed by atoms with Gasteiger partial charge in [-0.15, -0.1) is 0 Å². The van der Waals surface area contributed by atoms with Gasteiger partial charge in [-0.3, -0.25) is 0 Å². The van der Waals surface area contributed by atoms with Gasteiger partial charge in [-0.05, 0) is 52.5 Å². The van der Waals surface area contributed by atoms with E-state index in [4.69, 9.17) is 12.2 Å². The van der Waals surface area contributed by atoms with E-state index in [1.807, 2.05) is 0 Å². The molecule has 2 aromatic rings. The first-order chi connectivity index (χ1) is 8.90. The first kappa shape index (κ1) is 14.3. The fraction of sp³-hybridized carbons (Fsp3) is 0.286. The summed E-state index contributed by atoms with van der Waals surface area (Å²) in [7, 11) is 0. The number of nitrogens with one attached hydrogen (secondary N) is 1. The molecule has 2 rings (SSSR count). The lowest BCUT2D eigenvalue weighted by Crippen LogP contribution is -2.00. The Hall–Kier alpha value is -1.07. The van der Waals surface area contributed by atoms with E-state index in [1.54, 1.807) is 19.1 Å². The standard InChI is InChI=1S/C14H14BrFN2S/c1-7(2)12-11(15)14(19)18-13(17-12)9-4-5-10(16)8(3)6-9/h4-7H,1-3H3,(H,17,18,19). The van der Waals surface area contributed by atoms with Crippen molar-refractivity contribution in [3.63, 3.8) is 0 Å². The van der Waals surface area contributed by atoms with Gasteiger partial charge in [-0.2, -0.15) is 0 Å². The molecule has 1 N–H and O–H groups in total. The van der Waals surface area contributed by atoms with E-state index in [0.717, 1.165) is 15.7 Å². The van der Waals surface area contributed by atoms with Gasteiger partial charge in [0.05, 0.1) is 4.47 Å². The first-order valence-electron chi connectivity index (χ1n) is 5.96. The number of hydrogen-bond donors (Lipinski definition) is 1. The maximum absolute atomic E-state index is 13.3. The quantitative estimate of drug-likeness (QED) is 0.766. The zero-order valence-corrected chi connectivity index (χ0v) is 13.3. The molecular formula is C14H14BrFN2S. The molecule has 0 fully saturated rings. The van der Waals surface area contributed by atoms with Gasteiger partial charge in [-0.1, -0.05) is 26.1 Å². The summed E-state index contributed by atoms with van der Waals surface area (Å²) >= 11 is 8.71. The Labute approximate surface area is 125 Å². The molecule has 0 unspecified atom stereocenters. The summed E-state index contributed by atoms with van der Waals surface area (Å²) in [5.74, 6) is 0.739. The number of H-pyrrole nitrogens is 1. The van der Waals surface area contributed by atoms with Crippen LogP contribution in [0.15, 0.2) is 22.7 Å². The molecule has 0 spiro atoms. The Morgan fingerprint density at radius 3 is 2.63 bits per heavy atom. The van der Waals surface area contributed by atoms with E-state index >= 15 is 0 Å². The molecule has 1 aromatic heterocycles. The topological polar surface area (TPSA) is 28.7 Å². The van der Waals surface area contributed by atoms with Crippen LogP contribution in [0, 0.1) is 17.4 Å². The molecular weight excluding hydrogens is 327 g/mol. The van der Waals surface area contributed by atoms with Crippen LogP contribution < -0.4 is 0 Å². The number of hydrogen-bond acceptors (Lipinski definition) is 2. The minimum atomic E-state index is -0.219. The molecule has 0 saturated heterocycles. The highest BCUT2D eigenvalue weighted by Gasteiger charge is 2.11. The minimum Gasteiger partial charge on any atom is -0.342 e. The van der Waals surface area contributed by atoms with Crippen molar-refractivity contribution >= 4 is 28.1 Å². The fourth-order valence-corrected chi connectivity index (χ4v) is 2.65. The maximum atomic E-state index is 13.3. The van der Waals surface area contributed by atoms with E-state index in [-0.39, 0.29) is 5.82 Å². The third-order valence-electron chi connectivity index (χ3n) is 2.90. The highest BCUT2D eigenvalue weighted by molar-refractivity contribution is 9.10. The summed E-state index contributed by atoms with van der Waals surface area (Å²) in [6.45, 7) is 5.88. The summed E-state index contributed by atoms with van der Waals surface area (Å²) < 4.78 is 14.6. The first-order valence-corrected chi connectivity index (χ1v) is 7.16. The molecule has 2 nitrogen and oxygen atoms in total. The Morgan fingerprint density at radius 1 is 1.37 bits per heavy atom. The largest absolute Gasteiger partial charge is 0.342 e. The van der Waals surface area contributed by atoms with Gasteiger partial charge in [0, 0.05) is 11.3 Å². The lowest BCUT2D eigenvalue weighted by molar-refractivity contribution is 0.618. The van der Waals surface area contributed by atoms with Crippen molar-refractivity contribution in [3.05, 3.63) is 44.4 Å². The summed E-state index contributed by atoms with van der Waals surface area (Å²) in [6, 6.07) is 4.91. The maximum Gasteiger partial charge on any atom is 0.144 e. The molecule has 0 amide bonds. The van der Waals surface area contributed by atoms with Gasteiger partial charge in [0.1, 0.15) is 16.3 Å². The van der Waals surface area contributed by atoms with Gasteiger partial charge in [0.15, 0.2) is 0 Å². The Morgan fingerprint density at radius 2 is 2.05 bits per heavy atom. The van der Waals surface area contributed by atoms with Crippen LogP contribution in [0.5, 0.6) is 0 Å². The number of aromatic nitrogens is 2. The summed E-state index contributed by atoms with van der Waals surface area (Å²) in [5.41, 5.74) is 2.42. The molecule has 0 aliphatic carbocycles. The van der Waals surface area contributed by atoms with Crippen LogP contribution in [-0.4, -0.2) is 9.97 Å². The number of aryl methyl sites for hydroxylation is 1. The molecule has 0 aliphatic heterocycles. The molecule has 0 saturated carbocycles. The molecule has 19 heavy (non-hydrogen) atoms. The van der Waals surface area contributed by atoms with Crippen LogP contribution in [0.25, 0.3) is 11.4 Å². The second kappa shape index (κ2) is 5.51.